The lowest BCUT2D eigenvalue weighted by Crippen LogP contribution is -2.11. The van der Waals surface area contributed by atoms with Crippen molar-refractivity contribution in [2.24, 2.45) is 0 Å². The third-order valence-corrected chi connectivity index (χ3v) is 4.96. The second kappa shape index (κ2) is 8.37. The van der Waals surface area contributed by atoms with Crippen LogP contribution in [0.15, 0.2) is 59.4 Å². The number of anilines is 1. The fourth-order valence-corrected chi connectivity index (χ4v) is 3.54. The summed E-state index contributed by atoms with van der Waals surface area (Å²) in [6.07, 6.45) is 3.23. The highest BCUT2D eigenvalue weighted by Crippen LogP contribution is 2.32. The Morgan fingerprint density at radius 3 is 2.57 bits per heavy atom. The number of hydrogen-bond acceptors (Lipinski definition) is 7. The van der Waals surface area contributed by atoms with E-state index in [1.165, 1.54) is 29.5 Å². The highest BCUT2D eigenvalue weighted by Gasteiger charge is 2.17. The number of nitrogens with zero attached hydrogens (tertiary/aromatic N) is 3. The number of carbonyl (C=O) groups is 1. The molecule has 4 rings (SSSR count). The van der Waals surface area contributed by atoms with Crippen LogP contribution in [-0.2, 0) is 0 Å². The third-order valence-electron chi connectivity index (χ3n) is 4.08. The van der Waals surface area contributed by atoms with Gasteiger partial charge in [0.1, 0.15) is 5.75 Å². The molecule has 0 saturated heterocycles. The molecule has 7 nitrogen and oxygen atoms in total. The van der Waals surface area contributed by atoms with Gasteiger partial charge in [0.15, 0.2) is 16.6 Å². The van der Waals surface area contributed by atoms with Crippen LogP contribution in [-0.4, -0.2) is 27.6 Å². The number of hydrogen-bond donors (Lipinski definition) is 1. The van der Waals surface area contributed by atoms with Crippen molar-refractivity contribution in [1.82, 2.24) is 15.1 Å². The largest absolute Gasteiger partial charge is 0.435 e. The molecule has 0 aliphatic heterocycles. The first-order valence-electron chi connectivity index (χ1n) is 8.71. The Morgan fingerprint density at radius 1 is 1.13 bits per heavy atom. The minimum Gasteiger partial charge on any atom is -0.435 e. The molecule has 0 aliphatic carbocycles. The molecule has 30 heavy (non-hydrogen) atoms. The van der Waals surface area contributed by atoms with Gasteiger partial charge < -0.3 is 9.26 Å². The number of thiazole rings is 1. The van der Waals surface area contributed by atoms with Crippen molar-refractivity contribution in [2.45, 2.75) is 13.5 Å². The molecular formula is C20H14F2N4O3S. The predicted octanol–water partition coefficient (Wildman–Crippen LogP) is 5.02. The topological polar surface area (TPSA) is 90.1 Å². The van der Waals surface area contributed by atoms with Crippen LogP contribution < -0.4 is 10.1 Å². The second-order valence-corrected chi connectivity index (χ2v) is 7.30. The van der Waals surface area contributed by atoms with Crippen molar-refractivity contribution in [3.05, 3.63) is 65.4 Å². The number of carbonyl (C=O) groups excluding carboxylic acids is 1. The molecule has 4 aromatic rings. The zero-order chi connectivity index (χ0) is 21.1. The van der Waals surface area contributed by atoms with Crippen molar-refractivity contribution in [3.8, 4) is 28.3 Å². The lowest BCUT2D eigenvalue weighted by Gasteiger charge is -2.05. The van der Waals surface area contributed by atoms with E-state index in [4.69, 9.17) is 4.52 Å². The summed E-state index contributed by atoms with van der Waals surface area (Å²) in [4.78, 5) is 21.7. The molecule has 0 saturated carbocycles. The van der Waals surface area contributed by atoms with Crippen LogP contribution in [0.2, 0.25) is 0 Å². The van der Waals surface area contributed by atoms with Gasteiger partial charge in [0.25, 0.3) is 5.91 Å². The van der Waals surface area contributed by atoms with E-state index in [0.717, 1.165) is 10.4 Å². The van der Waals surface area contributed by atoms with Gasteiger partial charge in [0.05, 0.1) is 5.69 Å². The number of nitrogens with one attached hydrogen (secondary N) is 1. The standard InChI is InChI=1S/C20H14F2N4O3S/c1-11-17(13-2-4-14(5-3-13)28-19(21)22)24-20(30-11)25-18(27)15-10-16(29-26-15)12-6-8-23-9-7-12/h2-10,19H,1H3,(H,24,25,27). The van der Waals surface area contributed by atoms with E-state index in [-0.39, 0.29) is 11.4 Å². The van der Waals surface area contributed by atoms with Crippen LogP contribution in [0.3, 0.4) is 0 Å². The number of benzene rings is 1. The Hall–Kier alpha value is -3.66. The normalized spacial score (nSPS) is 10.9. The van der Waals surface area contributed by atoms with Crippen molar-refractivity contribution in [3.63, 3.8) is 0 Å². The number of amides is 1. The van der Waals surface area contributed by atoms with Gasteiger partial charge in [0, 0.05) is 34.5 Å². The molecule has 0 radical (unpaired) electrons. The Bertz CT molecular complexity index is 1160. The van der Waals surface area contributed by atoms with Gasteiger partial charge in [-0.3, -0.25) is 15.1 Å². The average Bonchev–Trinajstić information content (AvgIpc) is 3.36. The number of alkyl halides is 2. The molecule has 1 amide bonds. The number of aromatic nitrogens is 3. The summed E-state index contributed by atoms with van der Waals surface area (Å²) in [6.45, 7) is -1.03. The van der Waals surface area contributed by atoms with Crippen LogP contribution in [0.1, 0.15) is 15.4 Å². The third kappa shape index (κ3) is 4.33. The van der Waals surface area contributed by atoms with Crippen LogP contribution in [0, 0.1) is 6.92 Å². The Kier molecular flexibility index (Phi) is 5.48. The monoisotopic (exact) mass is 428 g/mol. The Labute approximate surface area is 173 Å². The predicted molar refractivity (Wildman–Crippen MR) is 107 cm³/mol. The quantitative estimate of drug-likeness (QED) is 0.464. The molecule has 0 fully saturated rings. The molecule has 3 heterocycles. The summed E-state index contributed by atoms with van der Waals surface area (Å²) in [7, 11) is 0. The van der Waals surface area contributed by atoms with Gasteiger partial charge in [0.2, 0.25) is 0 Å². The number of aryl methyl sites for hydroxylation is 1. The van der Waals surface area contributed by atoms with Crippen molar-refractivity contribution >= 4 is 22.4 Å². The SMILES string of the molecule is Cc1sc(NC(=O)c2cc(-c3ccncc3)on2)nc1-c1ccc(OC(F)F)cc1. The summed E-state index contributed by atoms with van der Waals surface area (Å²) in [5, 5.41) is 6.89. The molecule has 0 unspecified atom stereocenters. The van der Waals surface area contributed by atoms with Gasteiger partial charge in [-0.1, -0.05) is 5.16 Å². The van der Waals surface area contributed by atoms with Crippen LogP contribution in [0.4, 0.5) is 13.9 Å². The number of halogens is 2. The highest BCUT2D eigenvalue weighted by molar-refractivity contribution is 7.16. The Morgan fingerprint density at radius 2 is 1.87 bits per heavy atom. The minimum atomic E-state index is -2.88. The number of ether oxygens (including phenoxy) is 1. The van der Waals surface area contributed by atoms with Gasteiger partial charge in [-0.25, -0.2) is 4.98 Å². The van der Waals surface area contributed by atoms with Gasteiger partial charge in [-0.15, -0.1) is 11.3 Å². The van der Waals surface area contributed by atoms with E-state index < -0.39 is 12.5 Å². The van der Waals surface area contributed by atoms with E-state index in [0.29, 0.717) is 22.1 Å². The lowest BCUT2D eigenvalue weighted by molar-refractivity contribution is -0.0498. The fourth-order valence-electron chi connectivity index (χ4n) is 2.71. The molecule has 0 bridgehead atoms. The van der Waals surface area contributed by atoms with Crippen molar-refractivity contribution < 1.29 is 22.8 Å². The first-order valence-corrected chi connectivity index (χ1v) is 9.52. The zero-order valence-corrected chi connectivity index (χ0v) is 16.3. The van der Waals surface area contributed by atoms with Crippen LogP contribution in [0.25, 0.3) is 22.6 Å². The zero-order valence-electron chi connectivity index (χ0n) is 15.5. The molecule has 0 spiro atoms. The first kappa shape index (κ1) is 19.6. The fraction of sp³-hybridized carbons (Fsp3) is 0.100. The molecule has 1 aromatic carbocycles. The summed E-state index contributed by atoms with van der Waals surface area (Å²) in [5.41, 5.74) is 2.22. The molecule has 152 valence electrons. The van der Waals surface area contributed by atoms with Crippen LogP contribution >= 0.6 is 11.3 Å². The van der Waals surface area contributed by atoms with Crippen LogP contribution in [0.5, 0.6) is 5.75 Å². The van der Waals surface area contributed by atoms with E-state index in [1.54, 1.807) is 36.7 Å². The molecule has 0 atom stereocenters. The van der Waals surface area contributed by atoms with E-state index in [1.807, 2.05) is 6.92 Å². The minimum absolute atomic E-state index is 0.0613. The second-order valence-electron chi connectivity index (χ2n) is 6.09. The number of pyridine rings is 1. The van der Waals surface area contributed by atoms with Gasteiger partial charge >= 0.3 is 6.61 Å². The molecule has 3 aromatic heterocycles. The Balaban J connectivity index is 1.48. The maximum Gasteiger partial charge on any atom is 0.387 e. The molecule has 0 aliphatic rings. The summed E-state index contributed by atoms with van der Waals surface area (Å²) in [5.74, 6) is 0.0518. The average molecular weight is 428 g/mol. The maximum atomic E-state index is 12.5. The van der Waals surface area contributed by atoms with E-state index >= 15 is 0 Å². The van der Waals surface area contributed by atoms with Gasteiger partial charge in [-0.05, 0) is 43.3 Å². The van der Waals surface area contributed by atoms with E-state index in [2.05, 4.69) is 25.2 Å². The maximum absolute atomic E-state index is 12.5. The number of rotatable bonds is 6. The first-order chi connectivity index (χ1) is 14.5. The summed E-state index contributed by atoms with van der Waals surface area (Å²) >= 11 is 1.29. The smallest absolute Gasteiger partial charge is 0.387 e. The molecule has 1 N–H and O–H groups in total. The van der Waals surface area contributed by atoms with Crippen molar-refractivity contribution in [2.75, 3.05) is 5.32 Å². The summed E-state index contributed by atoms with van der Waals surface area (Å²) < 4.78 is 34.1. The summed E-state index contributed by atoms with van der Waals surface area (Å²) in [6, 6.07) is 11.2. The molecular weight excluding hydrogens is 414 g/mol. The highest BCUT2D eigenvalue weighted by atomic mass is 32.1. The molecule has 10 heteroatoms. The lowest BCUT2D eigenvalue weighted by atomic mass is 10.1. The van der Waals surface area contributed by atoms with E-state index in [9.17, 15) is 13.6 Å². The van der Waals surface area contributed by atoms with Crippen molar-refractivity contribution in [1.29, 1.82) is 0 Å². The van der Waals surface area contributed by atoms with Gasteiger partial charge in [-0.2, -0.15) is 8.78 Å².